The van der Waals surface area contributed by atoms with Crippen LogP contribution in [0.3, 0.4) is 0 Å². The number of nitrogens with zero attached hydrogens (tertiary/aromatic N) is 4. The molecule has 0 aliphatic rings. The van der Waals surface area contributed by atoms with Crippen LogP contribution in [-0.2, 0) is 0 Å². The smallest absolute Gasteiger partial charge is 0.238 e. The molecule has 9 aromatic carbocycles. The van der Waals surface area contributed by atoms with Gasteiger partial charge in [-0.2, -0.15) is 9.97 Å². The van der Waals surface area contributed by atoms with E-state index < -0.39 is 0 Å². The zero-order valence-electron chi connectivity index (χ0n) is 30.0. The van der Waals surface area contributed by atoms with E-state index in [9.17, 15) is 0 Å². The maximum atomic E-state index is 6.70. The van der Waals surface area contributed by atoms with Crippen LogP contribution >= 0.6 is 0 Å². The predicted octanol–water partition coefficient (Wildman–Crippen LogP) is 13.3. The third-order valence-corrected chi connectivity index (χ3v) is 11.2. The second-order valence-electron chi connectivity index (χ2n) is 14.4. The second kappa shape index (κ2) is 11.9. The molecule has 0 radical (unpaired) electrons. The van der Waals surface area contributed by atoms with Gasteiger partial charge in [0.2, 0.25) is 5.95 Å². The van der Waals surface area contributed by atoms with Crippen LogP contribution in [0.2, 0.25) is 0 Å². The maximum absolute atomic E-state index is 6.70. The van der Waals surface area contributed by atoms with E-state index in [0.717, 1.165) is 66.0 Å². The molecular formula is C51H30N4O. The summed E-state index contributed by atoms with van der Waals surface area (Å²) in [5.41, 5.74) is 7.65. The number of furan rings is 1. The van der Waals surface area contributed by atoms with Crippen molar-refractivity contribution < 1.29 is 4.42 Å². The highest BCUT2D eigenvalue weighted by Crippen LogP contribution is 2.40. The van der Waals surface area contributed by atoms with E-state index in [1.165, 1.54) is 32.3 Å². The van der Waals surface area contributed by atoms with E-state index in [1.807, 2.05) is 0 Å². The Morgan fingerprint density at radius 1 is 0.375 bits per heavy atom. The van der Waals surface area contributed by atoms with Crippen LogP contribution in [0.5, 0.6) is 0 Å². The zero-order valence-corrected chi connectivity index (χ0v) is 30.0. The average molecular weight is 715 g/mol. The Morgan fingerprint density at radius 3 is 1.84 bits per heavy atom. The lowest BCUT2D eigenvalue weighted by Crippen LogP contribution is -2.06. The summed E-state index contributed by atoms with van der Waals surface area (Å²) in [7, 11) is 0. The largest absolute Gasteiger partial charge is 0.455 e. The number of fused-ring (bicyclic) bond motifs is 10. The third kappa shape index (κ3) is 4.71. The molecule has 5 heteroatoms. The van der Waals surface area contributed by atoms with Crippen molar-refractivity contribution in [3.63, 3.8) is 0 Å². The van der Waals surface area contributed by atoms with Crippen LogP contribution in [0.1, 0.15) is 0 Å². The van der Waals surface area contributed by atoms with Crippen molar-refractivity contribution in [1.82, 2.24) is 19.5 Å². The molecule has 0 unspecified atom stereocenters. The van der Waals surface area contributed by atoms with Crippen molar-refractivity contribution in [3.8, 4) is 39.9 Å². The highest BCUT2D eigenvalue weighted by atomic mass is 16.3. The van der Waals surface area contributed by atoms with Gasteiger partial charge in [0.15, 0.2) is 11.6 Å². The fourth-order valence-electron chi connectivity index (χ4n) is 8.51. The molecule has 0 bridgehead atoms. The SMILES string of the molecule is c1ccc2cc(-c3ccc(-c4nc(-c5cccc6c5oc5cc7ccccc7cc56)nc(-n5c6ccccc6c6c7ccccc7ccc65)n4)cc3)ccc2c1. The molecule has 260 valence electrons. The molecule has 0 aliphatic heterocycles. The Hall–Kier alpha value is -7.63. The minimum absolute atomic E-state index is 0.545. The maximum Gasteiger partial charge on any atom is 0.238 e. The summed E-state index contributed by atoms with van der Waals surface area (Å²) in [5.74, 6) is 1.68. The molecular weight excluding hydrogens is 685 g/mol. The van der Waals surface area contributed by atoms with Crippen LogP contribution in [0.15, 0.2) is 186 Å². The lowest BCUT2D eigenvalue weighted by Gasteiger charge is -2.12. The van der Waals surface area contributed by atoms with Gasteiger partial charge in [0.25, 0.3) is 0 Å². The van der Waals surface area contributed by atoms with E-state index in [-0.39, 0.29) is 0 Å². The third-order valence-electron chi connectivity index (χ3n) is 11.2. The van der Waals surface area contributed by atoms with Gasteiger partial charge in [-0.25, -0.2) is 4.98 Å². The number of para-hydroxylation sites is 2. The number of hydrogen-bond acceptors (Lipinski definition) is 4. The molecule has 0 N–H and O–H groups in total. The van der Waals surface area contributed by atoms with E-state index in [4.69, 9.17) is 19.4 Å². The highest BCUT2D eigenvalue weighted by Gasteiger charge is 2.21. The van der Waals surface area contributed by atoms with Crippen LogP contribution in [0.25, 0.3) is 116 Å². The van der Waals surface area contributed by atoms with Crippen molar-refractivity contribution in [2.45, 2.75) is 0 Å². The molecule has 3 heterocycles. The predicted molar refractivity (Wildman–Crippen MR) is 230 cm³/mol. The Balaban J connectivity index is 1.10. The van der Waals surface area contributed by atoms with Gasteiger partial charge in [0.05, 0.1) is 16.6 Å². The Labute approximate surface area is 320 Å². The fourth-order valence-corrected chi connectivity index (χ4v) is 8.51. The summed E-state index contributed by atoms with van der Waals surface area (Å²) in [5, 5.41) is 11.5. The minimum Gasteiger partial charge on any atom is -0.455 e. The zero-order chi connectivity index (χ0) is 36.7. The van der Waals surface area contributed by atoms with Gasteiger partial charge >= 0.3 is 0 Å². The molecule has 5 nitrogen and oxygen atoms in total. The van der Waals surface area contributed by atoms with Crippen molar-refractivity contribution in [2.75, 3.05) is 0 Å². The summed E-state index contributed by atoms with van der Waals surface area (Å²) in [6, 6.07) is 64.0. The molecule has 0 spiro atoms. The van der Waals surface area contributed by atoms with E-state index in [1.54, 1.807) is 0 Å². The van der Waals surface area contributed by atoms with Crippen molar-refractivity contribution in [2.24, 2.45) is 0 Å². The number of benzene rings is 9. The quantitative estimate of drug-likeness (QED) is 0.182. The molecule has 0 atom stereocenters. The van der Waals surface area contributed by atoms with Gasteiger partial charge in [-0.15, -0.1) is 0 Å². The van der Waals surface area contributed by atoms with Gasteiger partial charge < -0.3 is 4.42 Å². The Morgan fingerprint density at radius 2 is 1.00 bits per heavy atom. The summed E-state index contributed by atoms with van der Waals surface area (Å²) < 4.78 is 8.88. The van der Waals surface area contributed by atoms with Gasteiger partial charge in [0.1, 0.15) is 11.2 Å². The fraction of sp³-hybridized carbons (Fsp3) is 0. The lowest BCUT2D eigenvalue weighted by atomic mass is 10.00. The van der Waals surface area contributed by atoms with Gasteiger partial charge in [-0.3, -0.25) is 4.57 Å². The van der Waals surface area contributed by atoms with Crippen molar-refractivity contribution in [3.05, 3.63) is 182 Å². The molecule has 0 aliphatic carbocycles. The summed E-state index contributed by atoms with van der Waals surface area (Å²) in [6.45, 7) is 0. The molecule has 0 saturated heterocycles. The van der Waals surface area contributed by atoms with Gasteiger partial charge in [-0.05, 0) is 79.8 Å². The summed E-state index contributed by atoms with van der Waals surface area (Å²) in [4.78, 5) is 15.8. The first-order valence-electron chi connectivity index (χ1n) is 18.8. The first-order chi connectivity index (χ1) is 27.7. The molecule has 0 amide bonds. The monoisotopic (exact) mass is 714 g/mol. The van der Waals surface area contributed by atoms with Crippen molar-refractivity contribution in [1.29, 1.82) is 0 Å². The lowest BCUT2D eigenvalue weighted by molar-refractivity contribution is 0.670. The van der Waals surface area contributed by atoms with E-state index in [0.29, 0.717) is 17.6 Å². The highest BCUT2D eigenvalue weighted by molar-refractivity contribution is 6.21. The first-order valence-corrected chi connectivity index (χ1v) is 18.8. The van der Waals surface area contributed by atoms with Crippen LogP contribution in [0, 0.1) is 0 Å². The van der Waals surface area contributed by atoms with Crippen LogP contribution in [-0.4, -0.2) is 19.5 Å². The molecule has 56 heavy (non-hydrogen) atoms. The minimum atomic E-state index is 0.545. The molecule has 3 aromatic heterocycles. The van der Waals surface area contributed by atoms with E-state index in [2.05, 4.69) is 187 Å². The van der Waals surface area contributed by atoms with Gasteiger partial charge in [-0.1, -0.05) is 146 Å². The molecule has 12 aromatic rings. The van der Waals surface area contributed by atoms with Crippen LogP contribution < -0.4 is 0 Å². The van der Waals surface area contributed by atoms with Crippen LogP contribution in [0.4, 0.5) is 0 Å². The second-order valence-corrected chi connectivity index (χ2v) is 14.4. The summed E-state index contributed by atoms with van der Waals surface area (Å²) >= 11 is 0. The number of hydrogen-bond donors (Lipinski definition) is 0. The van der Waals surface area contributed by atoms with E-state index >= 15 is 0 Å². The number of rotatable bonds is 4. The Bertz CT molecular complexity index is 3540. The van der Waals surface area contributed by atoms with Gasteiger partial charge in [0, 0.05) is 27.1 Å². The topological polar surface area (TPSA) is 56.7 Å². The normalized spacial score (nSPS) is 11.9. The molecule has 12 rings (SSSR count). The standard InChI is InChI=1S/C51H30N4O/c1-2-12-35-28-38(25-22-31(35)10-1)32-20-23-34(24-21-32)49-52-50(42-18-9-17-40-43-29-36-13-3-4-14-37(36)30-46(43)56-48(40)42)54-51(53-49)55-44-19-8-7-16-41(44)47-39-15-6-5-11-33(39)26-27-45(47)55/h1-30H. The molecule has 0 saturated carbocycles. The first kappa shape index (κ1) is 30.8. The number of aromatic nitrogens is 4. The molecule has 0 fully saturated rings. The van der Waals surface area contributed by atoms with Crippen molar-refractivity contribution >= 4 is 76.1 Å². The average Bonchev–Trinajstić information content (AvgIpc) is 3.81. The summed E-state index contributed by atoms with van der Waals surface area (Å²) in [6.07, 6.45) is 0. The Kier molecular flexibility index (Phi) is 6.56.